The molecule has 5 heteroatoms. The van der Waals surface area contributed by atoms with Crippen LogP contribution >= 0.6 is 0 Å². The molecular weight excluding hydrogens is 338 g/mol. The second kappa shape index (κ2) is 6.50. The first-order chi connectivity index (χ1) is 13.2. The number of hydrogen-bond donors (Lipinski definition) is 2. The number of amides is 1. The molecule has 1 saturated carbocycles. The molecule has 1 spiro atoms. The Kier molecular flexibility index (Phi) is 3.97. The van der Waals surface area contributed by atoms with E-state index >= 15 is 0 Å². The lowest BCUT2D eigenvalue weighted by Gasteiger charge is -2.23. The molecule has 1 saturated heterocycles. The predicted molar refractivity (Wildman–Crippen MR) is 105 cm³/mol. The lowest BCUT2D eigenvalue weighted by molar-refractivity contribution is -0.118. The number of aromatic nitrogens is 1. The second-order valence-electron chi connectivity index (χ2n) is 7.81. The summed E-state index contributed by atoms with van der Waals surface area (Å²) in [6.45, 7) is 2.05. The second-order valence-corrected chi connectivity index (χ2v) is 7.81. The Balaban J connectivity index is 1.29. The number of carbonyl (C=O) groups excluding carboxylic acids is 1. The molecule has 1 amide bonds. The Morgan fingerprint density at radius 1 is 1.19 bits per heavy atom. The van der Waals surface area contributed by atoms with E-state index in [1.807, 2.05) is 36.4 Å². The topological polar surface area (TPSA) is 67.2 Å². The highest BCUT2D eigenvalue weighted by atomic mass is 16.3. The van der Waals surface area contributed by atoms with Gasteiger partial charge in [-0.25, -0.2) is 4.98 Å². The van der Waals surface area contributed by atoms with Gasteiger partial charge in [0.25, 0.3) is 0 Å². The molecule has 138 valence electrons. The summed E-state index contributed by atoms with van der Waals surface area (Å²) >= 11 is 0. The van der Waals surface area contributed by atoms with Crippen LogP contribution in [0.2, 0.25) is 0 Å². The number of rotatable bonds is 4. The van der Waals surface area contributed by atoms with Gasteiger partial charge in [-0.1, -0.05) is 30.3 Å². The van der Waals surface area contributed by atoms with Crippen LogP contribution in [-0.4, -0.2) is 24.0 Å². The highest BCUT2D eigenvalue weighted by Gasteiger charge is 2.57. The van der Waals surface area contributed by atoms with Crippen molar-refractivity contribution in [2.24, 2.45) is 11.3 Å². The van der Waals surface area contributed by atoms with Gasteiger partial charge in [-0.15, -0.1) is 0 Å². The molecular formula is C22H23N3O2. The molecule has 1 aliphatic heterocycles. The molecule has 0 radical (unpaired) electrons. The van der Waals surface area contributed by atoms with E-state index in [0.717, 1.165) is 43.6 Å². The van der Waals surface area contributed by atoms with Crippen molar-refractivity contribution >= 4 is 22.7 Å². The van der Waals surface area contributed by atoms with Gasteiger partial charge in [-0.3, -0.25) is 4.79 Å². The van der Waals surface area contributed by atoms with Crippen LogP contribution in [0.25, 0.3) is 11.1 Å². The third kappa shape index (κ3) is 3.23. The van der Waals surface area contributed by atoms with Crippen LogP contribution in [0.1, 0.15) is 30.7 Å². The van der Waals surface area contributed by atoms with E-state index in [1.165, 1.54) is 5.56 Å². The zero-order valence-electron chi connectivity index (χ0n) is 15.2. The molecule has 27 heavy (non-hydrogen) atoms. The van der Waals surface area contributed by atoms with Crippen LogP contribution in [0.3, 0.4) is 0 Å². The molecule has 2 heterocycles. The lowest BCUT2D eigenvalue weighted by Crippen LogP contribution is -2.31. The summed E-state index contributed by atoms with van der Waals surface area (Å²) in [6, 6.07) is 15.9. The standard InChI is InChI=1S/C22H23N3O2/c26-21(17-14-22(17)8-10-23-11-9-22)24-16-6-7-18-19(13-16)27-20(25-18)12-15-4-2-1-3-5-15/h1-7,13,17,23H,8-12,14H2,(H,24,26). The minimum atomic E-state index is 0.139. The van der Waals surface area contributed by atoms with Gasteiger partial charge < -0.3 is 15.1 Å². The number of nitrogens with zero attached hydrogens (tertiary/aromatic N) is 1. The van der Waals surface area contributed by atoms with Crippen molar-refractivity contribution in [2.45, 2.75) is 25.7 Å². The molecule has 2 aliphatic rings. The van der Waals surface area contributed by atoms with Crippen molar-refractivity contribution < 1.29 is 9.21 Å². The number of carbonyl (C=O) groups is 1. The number of benzene rings is 2. The fourth-order valence-corrected chi connectivity index (χ4v) is 4.32. The number of nitrogens with one attached hydrogen (secondary N) is 2. The summed E-state index contributed by atoms with van der Waals surface area (Å²) in [5.41, 5.74) is 3.73. The third-order valence-electron chi connectivity index (χ3n) is 6.00. The van der Waals surface area contributed by atoms with Crippen LogP contribution in [0, 0.1) is 11.3 Å². The van der Waals surface area contributed by atoms with E-state index < -0.39 is 0 Å². The fraction of sp³-hybridized carbons (Fsp3) is 0.364. The van der Waals surface area contributed by atoms with Crippen molar-refractivity contribution in [1.29, 1.82) is 0 Å². The van der Waals surface area contributed by atoms with Crippen molar-refractivity contribution in [3.8, 4) is 0 Å². The van der Waals surface area contributed by atoms with Crippen LogP contribution < -0.4 is 10.6 Å². The molecule has 1 aromatic heterocycles. The van der Waals surface area contributed by atoms with Gasteiger partial charge in [0.2, 0.25) is 5.91 Å². The highest BCUT2D eigenvalue weighted by molar-refractivity contribution is 5.96. The molecule has 3 aromatic rings. The zero-order chi connectivity index (χ0) is 18.3. The predicted octanol–water partition coefficient (Wildman–Crippen LogP) is 3.75. The summed E-state index contributed by atoms with van der Waals surface area (Å²) in [5.74, 6) is 0.981. The summed E-state index contributed by atoms with van der Waals surface area (Å²) in [4.78, 5) is 17.2. The quantitative estimate of drug-likeness (QED) is 0.743. The van der Waals surface area contributed by atoms with Gasteiger partial charge >= 0.3 is 0 Å². The molecule has 2 fully saturated rings. The van der Waals surface area contributed by atoms with E-state index in [0.29, 0.717) is 17.9 Å². The molecule has 2 aromatic carbocycles. The Labute approximate surface area is 158 Å². The lowest BCUT2D eigenvalue weighted by atomic mass is 9.92. The Morgan fingerprint density at radius 3 is 2.81 bits per heavy atom. The number of hydrogen-bond acceptors (Lipinski definition) is 4. The van der Waals surface area contributed by atoms with E-state index in [4.69, 9.17) is 4.42 Å². The largest absolute Gasteiger partial charge is 0.440 e. The zero-order valence-corrected chi connectivity index (χ0v) is 15.2. The highest BCUT2D eigenvalue weighted by Crippen LogP contribution is 2.58. The van der Waals surface area contributed by atoms with Gasteiger partial charge in [-0.05, 0) is 55.5 Å². The number of piperidine rings is 1. The third-order valence-corrected chi connectivity index (χ3v) is 6.00. The SMILES string of the molecule is O=C(Nc1ccc2nc(Cc3ccccc3)oc2c1)C1CC12CCNCC2. The van der Waals surface area contributed by atoms with Crippen LogP contribution in [0.5, 0.6) is 0 Å². The minimum absolute atomic E-state index is 0.139. The molecule has 0 bridgehead atoms. The molecule has 1 atom stereocenters. The van der Waals surface area contributed by atoms with Gasteiger partial charge in [0.15, 0.2) is 11.5 Å². The maximum Gasteiger partial charge on any atom is 0.228 e. The fourth-order valence-electron chi connectivity index (χ4n) is 4.32. The molecule has 1 unspecified atom stereocenters. The summed E-state index contributed by atoms with van der Waals surface area (Å²) < 4.78 is 5.91. The first kappa shape index (κ1) is 16.5. The maximum atomic E-state index is 12.7. The normalized spacial score (nSPS) is 20.7. The Morgan fingerprint density at radius 2 is 2.00 bits per heavy atom. The van der Waals surface area contributed by atoms with Crippen LogP contribution in [-0.2, 0) is 11.2 Å². The Hall–Kier alpha value is -2.66. The smallest absolute Gasteiger partial charge is 0.228 e. The van der Waals surface area contributed by atoms with Crippen molar-refractivity contribution in [3.63, 3.8) is 0 Å². The monoisotopic (exact) mass is 361 g/mol. The number of anilines is 1. The van der Waals surface area contributed by atoms with Gasteiger partial charge in [0.05, 0.1) is 0 Å². The van der Waals surface area contributed by atoms with Gasteiger partial charge in [-0.2, -0.15) is 0 Å². The summed E-state index contributed by atoms with van der Waals surface area (Å²) in [7, 11) is 0. The summed E-state index contributed by atoms with van der Waals surface area (Å²) in [6.07, 6.45) is 3.90. The molecule has 5 rings (SSSR count). The number of oxazole rings is 1. The first-order valence-electron chi connectivity index (χ1n) is 9.67. The maximum absolute atomic E-state index is 12.7. The van der Waals surface area contributed by atoms with E-state index in [9.17, 15) is 4.79 Å². The first-order valence-corrected chi connectivity index (χ1v) is 9.67. The molecule has 5 nitrogen and oxygen atoms in total. The Bertz CT molecular complexity index is 974. The minimum Gasteiger partial charge on any atom is -0.440 e. The van der Waals surface area contributed by atoms with Crippen molar-refractivity contribution in [3.05, 3.63) is 60.0 Å². The van der Waals surface area contributed by atoms with E-state index in [1.54, 1.807) is 0 Å². The molecule has 2 N–H and O–H groups in total. The average molecular weight is 361 g/mol. The van der Waals surface area contributed by atoms with Crippen molar-refractivity contribution in [2.75, 3.05) is 18.4 Å². The van der Waals surface area contributed by atoms with Gasteiger partial charge in [0.1, 0.15) is 5.52 Å². The summed E-state index contributed by atoms with van der Waals surface area (Å²) in [5, 5.41) is 6.46. The van der Waals surface area contributed by atoms with Gasteiger partial charge in [0, 0.05) is 24.1 Å². The average Bonchev–Trinajstić information content (AvgIpc) is 3.22. The van der Waals surface area contributed by atoms with Crippen LogP contribution in [0.4, 0.5) is 5.69 Å². The van der Waals surface area contributed by atoms with Crippen molar-refractivity contribution in [1.82, 2.24) is 10.3 Å². The molecule has 1 aliphatic carbocycles. The number of fused-ring (bicyclic) bond motifs is 1. The van der Waals surface area contributed by atoms with Crippen LogP contribution in [0.15, 0.2) is 52.9 Å². The van der Waals surface area contributed by atoms with E-state index in [2.05, 4.69) is 27.8 Å². The van der Waals surface area contributed by atoms with E-state index in [-0.39, 0.29) is 17.2 Å².